The quantitative estimate of drug-likeness (QED) is 0.671. The van der Waals surface area contributed by atoms with Gasteiger partial charge >= 0.3 is 0 Å². The van der Waals surface area contributed by atoms with Gasteiger partial charge in [-0.2, -0.15) is 5.10 Å². The summed E-state index contributed by atoms with van der Waals surface area (Å²) in [5.74, 6) is 0.784. The minimum absolute atomic E-state index is 0.106. The number of hydrogen-bond donors (Lipinski definition) is 1. The van der Waals surface area contributed by atoms with Crippen molar-refractivity contribution in [3.63, 3.8) is 0 Å². The van der Waals surface area contributed by atoms with Crippen LogP contribution in [0.25, 0.3) is 0 Å². The first kappa shape index (κ1) is 18.3. The number of ether oxygens (including phenoxy) is 1. The molecule has 0 bridgehead atoms. The van der Waals surface area contributed by atoms with Crippen LogP contribution in [-0.2, 0) is 11.3 Å². The number of benzene rings is 2. The van der Waals surface area contributed by atoms with Crippen LogP contribution < -0.4 is 10.1 Å². The van der Waals surface area contributed by atoms with Crippen molar-refractivity contribution in [3.05, 3.63) is 75.9 Å². The maximum absolute atomic E-state index is 12.0. The van der Waals surface area contributed by atoms with Crippen molar-refractivity contribution in [2.45, 2.75) is 13.5 Å². The zero-order chi connectivity index (χ0) is 18.5. The Morgan fingerprint density at radius 1 is 1.08 bits per heavy atom. The van der Waals surface area contributed by atoms with E-state index in [4.69, 9.17) is 27.9 Å². The highest BCUT2D eigenvalue weighted by atomic mass is 35.5. The Hall–Kier alpha value is -2.50. The number of anilines is 1. The van der Waals surface area contributed by atoms with Crippen LogP contribution in [0.15, 0.2) is 54.6 Å². The highest BCUT2D eigenvalue weighted by Gasteiger charge is 2.09. The molecule has 5 nitrogen and oxygen atoms in total. The van der Waals surface area contributed by atoms with Gasteiger partial charge in [-0.15, -0.1) is 0 Å². The van der Waals surface area contributed by atoms with Crippen LogP contribution in [0.3, 0.4) is 0 Å². The molecule has 0 spiro atoms. The van der Waals surface area contributed by atoms with E-state index in [1.165, 1.54) is 0 Å². The summed E-state index contributed by atoms with van der Waals surface area (Å²) < 4.78 is 7.24. The number of halogens is 2. The average Bonchev–Trinajstić information content (AvgIpc) is 2.95. The van der Waals surface area contributed by atoms with Gasteiger partial charge in [0.1, 0.15) is 5.75 Å². The number of aryl methyl sites for hydroxylation is 1. The van der Waals surface area contributed by atoms with Crippen molar-refractivity contribution in [2.24, 2.45) is 0 Å². The van der Waals surface area contributed by atoms with Gasteiger partial charge in [0.25, 0.3) is 5.91 Å². The molecule has 3 aromatic rings. The van der Waals surface area contributed by atoms with E-state index in [2.05, 4.69) is 10.4 Å². The lowest BCUT2D eigenvalue weighted by Gasteiger charge is -2.06. The molecule has 0 saturated carbocycles. The van der Waals surface area contributed by atoms with Crippen LogP contribution in [0.5, 0.6) is 5.75 Å². The topological polar surface area (TPSA) is 56.1 Å². The predicted octanol–water partition coefficient (Wildman–Crippen LogP) is 4.56. The molecule has 7 heteroatoms. The smallest absolute Gasteiger partial charge is 0.263 e. The van der Waals surface area contributed by atoms with Gasteiger partial charge in [-0.1, -0.05) is 35.3 Å². The van der Waals surface area contributed by atoms with Crippen LogP contribution in [-0.4, -0.2) is 22.3 Å². The Morgan fingerprint density at radius 3 is 2.35 bits per heavy atom. The molecular weight excluding hydrogens is 373 g/mol. The summed E-state index contributed by atoms with van der Waals surface area (Å²) in [6, 6.07) is 16.2. The van der Waals surface area contributed by atoms with Gasteiger partial charge in [0.05, 0.1) is 6.54 Å². The van der Waals surface area contributed by atoms with Gasteiger partial charge in [-0.3, -0.25) is 9.48 Å². The largest absolute Gasteiger partial charge is 0.484 e. The lowest BCUT2D eigenvalue weighted by molar-refractivity contribution is -0.118. The Morgan fingerprint density at radius 2 is 1.69 bits per heavy atom. The second kappa shape index (κ2) is 8.25. The van der Waals surface area contributed by atoms with Crippen LogP contribution in [0.1, 0.15) is 11.3 Å². The highest BCUT2D eigenvalue weighted by Crippen LogP contribution is 2.16. The van der Waals surface area contributed by atoms with E-state index in [0.717, 1.165) is 11.3 Å². The average molecular weight is 390 g/mol. The Labute approximate surface area is 161 Å². The SMILES string of the molecule is Cc1cc(NC(=O)COc2ccc(Cl)cc2)nn1Cc1ccc(Cl)cc1. The molecule has 0 saturated heterocycles. The maximum atomic E-state index is 12.0. The molecule has 0 aliphatic rings. The first-order chi connectivity index (χ1) is 12.5. The Kier molecular flexibility index (Phi) is 5.81. The third-order valence-electron chi connectivity index (χ3n) is 3.68. The van der Waals surface area contributed by atoms with E-state index in [1.54, 1.807) is 24.3 Å². The molecule has 1 aromatic heterocycles. The van der Waals surface area contributed by atoms with E-state index in [9.17, 15) is 4.79 Å². The van der Waals surface area contributed by atoms with Gasteiger partial charge in [-0.05, 0) is 48.9 Å². The molecule has 1 heterocycles. The van der Waals surface area contributed by atoms with Crippen LogP contribution in [0, 0.1) is 6.92 Å². The zero-order valence-corrected chi connectivity index (χ0v) is 15.6. The van der Waals surface area contributed by atoms with E-state index in [-0.39, 0.29) is 12.5 Å². The van der Waals surface area contributed by atoms with Crippen molar-refractivity contribution >= 4 is 34.9 Å². The highest BCUT2D eigenvalue weighted by molar-refractivity contribution is 6.30. The lowest BCUT2D eigenvalue weighted by atomic mass is 10.2. The van der Waals surface area contributed by atoms with E-state index in [0.29, 0.717) is 28.2 Å². The van der Waals surface area contributed by atoms with Crippen molar-refractivity contribution in [3.8, 4) is 5.75 Å². The Bertz CT molecular complexity index is 890. The van der Waals surface area contributed by atoms with Crippen molar-refractivity contribution in [2.75, 3.05) is 11.9 Å². The molecular formula is C19H17Cl2N3O2. The monoisotopic (exact) mass is 389 g/mol. The molecule has 0 atom stereocenters. The van der Waals surface area contributed by atoms with Crippen LogP contribution in [0.4, 0.5) is 5.82 Å². The predicted molar refractivity (Wildman–Crippen MR) is 103 cm³/mol. The summed E-state index contributed by atoms with van der Waals surface area (Å²) in [6.45, 7) is 2.42. The number of carbonyl (C=O) groups excluding carboxylic acids is 1. The summed E-state index contributed by atoms with van der Waals surface area (Å²) in [7, 11) is 0. The zero-order valence-electron chi connectivity index (χ0n) is 14.1. The molecule has 0 aliphatic heterocycles. The fraction of sp³-hybridized carbons (Fsp3) is 0.158. The van der Waals surface area contributed by atoms with Gasteiger partial charge in [0, 0.05) is 21.8 Å². The second-order valence-corrected chi connectivity index (χ2v) is 6.62. The molecule has 0 aliphatic carbocycles. The number of nitrogens with one attached hydrogen (secondary N) is 1. The molecule has 1 amide bonds. The number of nitrogens with zero attached hydrogens (tertiary/aromatic N) is 2. The molecule has 26 heavy (non-hydrogen) atoms. The molecule has 2 aromatic carbocycles. The van der Waals surface area contributed by atoms with Gasteiger partial charge < -0.3 is 10.1 Å². The number of rotatable bonds is 6. The summed E-state index contributed by atoms with van der Waals surface area (Å²) in [5, 5.41) is 8.46. The maximum Gasteiger partial charge on any atom is 0.263 e. The lowest BCUT2D eigenvalue weighted by Crippen LogP contribution is -2.20. The van der Waals surface area contributed by atoms with Crippen molar-refractivity contribution in [1.29, 1.82) is 0 Å². The van der Waals surface area contributed by atoms with Gasteiger partial charge in [-0.25, -0.2) is 0 Å². The summed E-state index contributed by atoms with van der Waals surface area (Å²) >= 11 is 11.7. The third-order valence-corrected chi connectivity index (χ3v) is 4.18. The molecule has 3 rings (SSSR count). The number of carbonyl (C=O) groups is 1. The molecule has 134 valence electrons. The third kappa shape index (κ3) is 5.00. The summed E-state index contributed by atoms with van der Waals surface area (Å²) in [5.41, 5.74) is 2.01. The first-order valence-electron chi connectivity index (χ1n) is 7.97. The standard InChI is InChI=1S/C19H17Cl2N3O2/c1-13-10-18(23-24(13)11-14-2-4-15(20)5-3-14)22-19(25)12-26-17-8-6-16(21)7-9-17/h2-10H,11-12H2,1H3,(H,22,23,25). The molecule has 0 radical (unpaired) electrons. The molecule has 1 N–H and O–H groups in total. The summed E-state index contributed by atoms with van der Waals surface area (Å²) in [4.78, 5) is 12.0. The molecule has 0 fully saturated rings. The van der Waals surface area contributed by atoms with Crippen LogP contribution in [0.2, 0.25) is 10.0 Å². The fourth-order valence-corrected chi connectivity index (χ4v) is 2.60. The number of amides is 1. The van der Waals surface area contributed by atoms with Gasteiger partial charge in [0.15, 0.2) is 12.4 Å². The van der Waals surface area contributed by atoms with E-state index >= 15 is 0 Å². The molecule has 0 unspecified atom stereocenters. The number of aromatic nitrogens is 2. The summed E-state index contributed by atoms with van der Waals surface area (Å²) in [6.07, 6.45) is 0. The number of hydrogen-bond acceptors (Lipinski definition) is 3. The van der Waals surface area contributed by atoms with Crippen molar-refractivity contribution in [1.82, 2.24) is 9.78 Å². The minimum atomic E-state index is -0.281. The second-order valence-electron chi connectivity index (χ2n) is 5.75. The fourth-order valence-electron chi connectivity index (χ4n) is 2.35. The first-order valence-corrected chi connectivity index (χ1v) is 8.72. The normalized spacial score (nSPS) is 10.6. The minimum Gasteiger partial charge on any atom is -0.484 e. The Balaban J connectivity index is 1.57. The van der Waals surface area contributed by atoms with Crippen LogP contribution >= 0.6 is 23.2 Å². The van der Waals surface area contributed by atoms with Gasteiger partial charge in [0.2, 0.25) is 0 Å². The van der Waals surface area contributed by atoms with E-state index < -0.39 is 0 Å². The van der Waals surface area contributed by atoms with Crippen molar-refractivity contribution < 1.29 is 9.53 Å². The van der Waals surface area contributed by atoms with E-state index in [1.807, 2.05) is 41.9 Å².